The summed E-state index contributed by atoms with van der Waals surface area (Å²) >= 11 is 0. The molecule has 31 heavy (non-hydrogen) atoms. The summed E-state index contributed by atoms with van der Waals surface area (Å²) in [5.74, 6) is 0.172. The maximum Gasteiger partial charge on any atom is 0.244 e. The number of hydrogen-bond acceptors (Lipinski definition) is 4. The Labute approximate surface area is 183 Å². The quantitative estimate of drug-likeness (QED) is 0.542. The molecule has 1 aromatic heterocycles. The van der Waals surface area contributed by atoms with Gasteiger partial charge in [0, 0.05) is 24.3 Å². The maximum absolute atomic E-state index is 12.9. The molecule has 166 valence electrons. The summed E-state index contributed by atoms with van der Waals surface area (Å²) in [6.07, 6.45) is 0. The number of ether oxygens (including phenoxy) is 1. The number of para-hydroxylation sites is 1. The molecule has 8 heteroatoms. The fraction of sp³-hybridized carbons (Fsp3) is 0.348. The van der Waals surface area contributed by atoms with Crippen molar-refractivity contribution in [3.8, 4) is 5.75 Å². The summed E-state index contributed by atoms with van der Waals surface area (Å²) in [5, 5.41) is 3.91. The van der Waals surface area contributed by atoms with Crippen LogP contribution in [0.2, 0.25) is 0 Å². The Kier molecular flexibility index (Phi) is 7.02. The van der Waals surface area contributed by atoms with E-state index in [0.717, 1.165) is 16.6 Å². The van der Waals surface area contributed by atoms with Crippen LogP contribution in [0.15, 0.2) is 53.4 Å². The zero-order chi connectivity index (χ0) is 22.6. The molecule has 0 aliphatic carbocycles. The number of sulfonamides is 1. The molecule has 0 atom stereocenters. The smallest absolute Gasteiger partial charge is 0.244 e. The van der Waals surface area contributed by atoms with Gasteiger partial charge in [-0.15, -0.1) is 0 Å². The first-order chi connectivity index (χ1) is 14.8. The summed E-state index contributed by atoms with van der Waals surface area (Å²) in [4.78, 5) is 13.0. The number of nitrogens with zero attached hydrogens (tertiary/aromatic N) is 2. The average Bonchev–Trinajstić information content (AvgIpc) is 3.05. The number of anilines is 1. The highest BCUT2D eigenvalue weighted by atomic mass is 32.2. The average molecular weight is 444 g/mol. The van der Waals surface area contributed by atoms with Gasteiger partial charge in [-0.05, 0) is 49.6 Å². The van der Waals surface area contributed by atoms with Gasteiger partial charge in [-0.25, -0.2) is 8.42 Å². The third-order valence-electron chi connectivity index (χ3n) is 5.19. The van der Waals surface area contributed by atoms with Crippen molar-refractivity contribution >= 4 is 32.5 Å². The fourth-order valence-corrected chi connectivity index (χ4v) is 5.14. The molecule has 0 aliphatic heterocycles. The van der Waals surface area contributed by atoms with Crippen LogP contribution in [-0.4, -0.2) is 42.9 Å². The highest BCUT2D eigenvalue weighted by Crippen LogP contribution is 2.29. The number of hydrogen-bond donors (Lipinski definition) is 1. The Hall–Kier alpha value is -2.84. The van der Waals surface area contributed by atoms with Gasteiger partial charge in [-0.2, -0.15) is 4.31 Å². The van der Waals surface area contributed by atoms with E-state index in [2.05, 4.69) is 5.32 Å². The lowest BCUT2D eigenvalue weighted by Crippen LogP contribution is -2.30. The number of amides is 1. The van der Waals surface area contributed by atoms with Gasteiger partial charge in [-0.1, -0.05) is 32.0 Å². The minimum absolute atomic E-state index is 0.109. The molecule has 0 aliphatic rings. The number of fused-ring (bicyclic) bond motifs is 1. The van der Waals surface area contributed by atoms with Gasteiger partial charge in [0.15, 0.2) is 0 Å². The topological polar surface area (TPSA) is 80.6 Å². The zero-order valence-corrected chi connectivity index (χ0v) is 19.2. The van der Waals surface area contributed by atoms with Crippen LogP contribution < -0.4 is 10.1 Å². The second-order valence-corrected chi connectivity index (χ2v) is 9.10. The summed E-state index contributed by atoms with van der Waals surface area (Å²) in [5.41, 5.74) is 2.28. The highest BCUT2D eigenvalue weighted by Gasteiger charge is 2.23. The third kappa shape index (κ3) is 4.75. The van der Waals surface area contributed by atoms with E-state index in [1.165, 1.54) is 16.4 Å². The Morgan fingerprint density at radius 3 is 2.45 bits per heavy atom. The van der Waals surface area contributed by atoms with E-state index in [4.69, 9.17) is 4.74 Å². The van der Waals surface area contributed by atoms with Crippen molar-refractivity contribution in [2.24, 2.45) is 0 Å². The number of carbonyl (C=O) groups excluding carboxylic acids is 1. The number of aryl methyl sites for hydroxylation is 1. The van der Waals surface area contributed by atoms with Crippen molar-refractivity contribution < 1.29 is 17.9 Å². The van der Waals surface area contributed by atoms with E-state index in [9.17, 15) is 13.2 Å². The van der Waals surface area contributed by atoms with E-state index in [1.807, 2.05) is 48.7 Å². The molecule has 0 saturated carbocycles. The molecule has 0 unspecified atom stereocenters. The van der Waals surface area contributed by atoms with Crippen LogP contribution in [-0.2, 0) is 21.4 Å². The van der Waals surface area contributed by atoms with Gasteiger partial charge in [-0.3, -0.25) is 4.79 Å². The summed E-state index contributed by atoms with van der Waals surface area (Å²) in [6.45, 7) is 8.62. The van der Waals surface area contributed by atoms with Crippen molar-refractivity contribution in [3.05, 3.63) is 54.2 Å². The molecular weight excluding hydrogens is 414 g/mol. The first-order valence-corrected chi connectivity index (χ1v) is 11.9. The Bertz CT molecular complexity index is 1180. The van der Waals surface area contributed by atoms with Crippen LogP contribution in [0.3, 0.4) is 0 Å². The fourth-order valence-electron chi connectivity index (χ4n) is 3.65. The van der Waals surface area contributed by atoms with Gasteiger partial charge in [0.2, 0.25) is 15.9 Å². The van der Waals surface area contributed by atoms with Crippen molar-refractivity contribution in [2.75, 3.05) is 25.0 Å². The van der Waals surface area contributed by atoms with Crippen LogP contribution >= 0.6 is 0 Å². The predicted molar refractivity (Wildman–Crippen MR) is 123 cm³/mol. The van der Waals surface area contributed by atoms with Gasteiger partial charge in [0.05, 0.1) is 17.2 Å². The van der Waals surface area contributed by atoms with E-state index in [0.29, 0.717) is 31.1 Å². The van der Waals surface area contributed by atoms with Crippen molar-refractivity contribution in [1.82, 2.24) is 8.87 Å². The zero-order valence-electron chi connectivity index (χ0n) is 18.4. The lowest BCUT2D eigenvalue weighted by atomic mass is 10.2. The van der Waals surface area contributed by atoms with Gasteiger partial charge in [0.25, 0.3) is 0 Å². The van der Waals surface area contributed by atoms with Crippen LogP contribution in [0.5, 0.6) is 5.75 Å². The molecule has 0 saturated heterocycles. The van der Waals surface area contributed by atoms with Gasteiger partial charge in [0.1, 0.15) is 12.3 Å². The van der Waals surface area contributed by atoms with Crippen LogP contribution in [0.4, 0.5) is 5.69 Å². The second kappa shape index (κ2) is 9.53. The number of aromatic nitrogens is 1. The largest absolute Gasteiger partial charge is 0.492 e. The number of carbonyl (C=O) groups is 1. The Morgan fingerprint density at radius 2 is 1.77 bits per heavy atom. The van der Waals surface area contributed by atoms with Crippen molar-refractivity contribution in [2.45, 2.75) is 39.1 Å². The molecule has 0 radical (unpaired) electrons. The molecular formula is C23H29N3O4S. The van der Waals surface area contributed by atoms with Gasteiger partial charge < -0.3 is 14.6 Å². The lowest BCUT2D eigenvalue weighted by molar-refractivity contribution is -0.116. The molecule has 0 bridgehead atoms. The Morgan fingerprint density at radius 1 is 1.06 bits per heavy atom. The third-order valence-corrected chi connectivity index (χ3v) is 7.23. The van der Waals surface area contributed by atoms with Crippen LogP contribution in [0.1, 0.15) is 26.5 Å². The number of nitrogens with one attached hydrogen (secondary N) is 1. The summed E-state index contributed by atoms with van der Waals surface area (Å²) < 4.78 is 34.8. The molecule has 0 spiro atoms. The first-order valence-electron chi connectivity index (χ1n) is 10.4. The molecule has 2 aromatic carbocycles. The minimum Gasteiger partial charge on any atom is -0.492 e. The van der Waals surface area contributed by atoms with E-state index >= 15 is 0 Å². The predicted octanol–water partition coefficient (Wildman–Crippen LogP) is 4.02. The highest BCUT2D eigenvalue weighted by molar-refractivity contribution is 7.89. The maximum atomic E-state index is 12.9. The summed E-state index contributed by atoms with van der Waals surface area (Å²) in [6, 6.07) is 14.5. The number of rotatable bonds is 9. The molecule has 7 nitrogen and oxygen atoms in total. The van der Waals surface area contributed by atoms with E-state index < -0.39 is 10.0 Å². The monoisotopic (exact) mass is 443 g/mol. The van der Waals surface area contributed by atoms with Gasteiger partial charge >= 0.3 is 0 Å². The molecule has 1 amide bonds. The first kappa shape index (κ1) is 22.8. The lowest BCUT2D eigenvalue weighted by Gasteiger charge is -2.20. The SMILES string of the molecule is CCOc1ccc(S(=O)(=O)N(CC)CC)cc1NC(=O)Cn1c(C)cc2ccccc21. The number of benzene rings is 2. The second-order valence-electron chi connectivity index (χ2n) is 7.16. The molecule has 0 fully saturated rings. The molecule has 3 rings (SSSR count). The van der Waals surface area contributed by atoms with Crippen LogP contribution in [0, 0.1) is 6.92 Å². The minimum atomic E-state index is -3.66. The molecule has 1 heterocycles. The van der Waals surface area contributed by atoms with E-state index in [-0.39, 0.29) is 17.3 Å². The van der Waals surface area contributed by atoms with E-state index in [1.54, 1.807) is 19.9 Å². The normalized spacial score (nSPS) is 11.8. The molecule has 1 N–H and O–H groups in total. The van der Waals surface area contributed by atoms with Crippen LogP contribution in [0.25, 0.3) is 10.9 Å². The molecule has 3 aromatic rings. The van der Waals surface area contributed by atoms with Crippen molar-refractivity contribution in [1.29, 1.82) is 0 Å². The summed E-state index contributed by atoms with van der Waals surface area (Å²) in [7, 11) is -3.66. The Balaban J connectivity index is 1.91. The standard InChI is InChI=1S/C23H29N3O4S/c1-5-25(6-2)31(28,29)19-12-13-22(30-7-3)20(15-19)24-23(27)16-26-17(4)14-18-10-8-9-11-21(18)26/h8-15H,5-7,16H2,1-4H3,(H,24,27). The van der Waals surface area contributed by atoms with Crippen molar-refractivity contribution in [3.63, 3.8) is 0 Å².